The highest BCUT2D eigenvalue weighted by Crippen LogP contribution is 2.38. The summed E-state index contributed by atoms with van der Waals surface area (Å²) < 4.78 is 15.5. The van der Waals surface area contributed by atoms with Crippen molar-refractivity contribution in [3.63, 3.8) is 0 Å². The lowest BCUT2D eigenvalue weighted by molar-refractivity contribution is -0.125. The summed E-state index contributed by atoms with van der Waals surface area (Å²) in [6, 6.07) is 12.3. The first-order chi connectivity index (χ1) is 28.8. The molecule has 8 nitrogen and oxygen atoms in total. The van der Waals surface area contributed by atoms with E-state index in [1.165, 1.54) is 84.6 Å². The summed E-state index contributed by atoms with van der Waals surface area (Å²) >= 11 is 0. The summed E-state index contributed by atoms with van der Waals surface area (Å²) in [5.74, 6) is -0.111. The van der Waals surface area contributed by atoms with Crippen molar-refractivity contribution in [2.24, 2.45) is 5.92 Å². The van der Waals surface area contributed by atoms with Crippen LogP contribution in [0.2, 0.25) is 0 Å². The van der Waals surface area contributed by atoms with Gasteiger partial charge in [0.2, 0.25) is 5.91 Å². The van der Waals surface area contributed by atoms with Crippen molar-refractivity contribution in [3.8, 4) is 0 Å². The van der Waals surface area contributed by atoms with Crippen molar-refractivity contribution >= 4 is 33.9 Å². The third-order valence-corrected chi connectivity index (χ3v) is 12.4. The Morgan fingerprint density at radius 1 is 1.03 bits per heavy atom. The zero-order valence-corrected chi connectivity index (χ0v) is 38.3. The molecule has 1 atom stereocenters. The van der Waals surface area contributed by atoms with Gasteiger partial charge in [-0.05, 0) is 128 Å². The molecule has 2 aliphatic heterocycles. The van der Waals surface area contributed by atoms with Crippen LogP contribution in [0, 0.1) is 5.92 Å². The number of para-hydroxylation sites is 1. The zero-order valence-electron chi connectivity index (χ0n) is 38.3. The van der Waals surface area contributed by atoms with Crippen LogP contribution < -0.4 is 20.4 Å². The SMILES string of the molecule is C=C1CCC(Cc2cccc(N3CCC(N(C)C)CC3)c2N(C)C(=C)C)C(=O)N1.C=CC(=C/C)/C(F)=C(C)\C=C/C.CCc1cc2nn(C3CCCCC3)cc2cc1NC. The van der Waals surface area contributed by atoms with Gasteiger partial charge in [-0.1, -0.05) is 82.4 Å². The van der Waals surface area contributed by atoms with Gasteiger partial charge in [0.15, 0.2) is 0 Å². The molecule has 3 aliphatic rings. The normalized spacial score (nSPS) is 18.4. The Hall–Kier alpha value is -4.89. The molecule has 3 aromatic rings. The standard InChI is InChI=1S/C24H36N4O.C16H23N3.C11H15F/c1-17(2)27(6)23-19(16-20-11-10-18(3)25-24(20)29)8-7-9-22(23)28-14-12-21(13-15-28)26(4)5;1-3-12-9-16-13(10-15(12)17-2)11-19(18-16)14-7-5-4-6-8-14;1-5-8-9(4)11(12)10(6-2)7-3/h7-9,20-21H,1,3,10-16H2,2,4-6H3,(H,25,29);9-11,14,17H,3-8H2,1-2H3;5-8H,2H2,1,3-4H3/b;;8-5-,10-7-,11-9+. The summed E-state index contributed by atoms with van der Waals surface area (Å²) in [6.45, 7) is 23.3. The second-order valence-electron chi connectivity index (χ2n) is 16.8. The van der Waals surface area contributed by atoms with Gasteiger partial charge < -0.3 is 25.3 Å². The van der Waals surface area contributed by atoms with E-state index in [9.17, 15) is 9.18 Å². The summed E-state index contributed by atoms with van der Waals surface area (Å²) in [6.07, 6.45) is 21.5. The van der Waals surface area contributed by atoms with Crippen LogP contribution >= 0.6 is 0 Å². The highest BCUT2D eigenvalue weighted by molar-refractivity contribution is 5.84. The molecular formula is C51H74FN7O. The van der Waals surface area contributed by atoms with Gasteiger partial charge in [-0.3, -0.25) is 9.48 Å². The van der Waals surface area contributed by atoms with Gasteiger partial charge >= 0.3 is 0 Å². The molecule has 0 radical (unpaired) electrons. The molecular weight excluding hydrogens is 746 g/mol. The Bertz CT molecular complexity index is 1980. The molecule has 9 heteroatoms. The number of carbonyl (C=O) groups is 1. The van der Waals surface area contributed by atoms with E-state index in [0.29, 0.717) is 23.2 Å². The Labute approximate surface area is 361 Å². The fourth-order valence-electron chi connectivity index (χ4n) is 8.55. The molecule has 60 heavy (non-hydrogen) atoms. The molecule has 3 fully saturated rings. The van der Waals surface area contributed by atoms with Crippen molar-refractivity contribution in [1.82, 2.24) is 20.0 Å². The largest absolute Gasteiger partial charge is 0.388 e. The number of nitrogens with one attached hydrogen (secondary N) is 2. The number of hydrogen-bond donors (Lipinski definition) is 2. The summed E-state index contributed by atoms with van der Waals surface area (Å²) in [5, 5.41) is 12.3. The molecule has 1 saturated carbocycles. The number of piperidine rings is 2. The van der Waals surface area contributed by atoms with Crippen LogP contribution in [0.1, 0.15) is 110 Å². The number of rotatable bonds is 12. The van der Waals surface area contributed by atoms with E-state index in [1.54, 1.807) is 26.0 Å². The highest BCUT2D eigenvalue weighted by Gasteiger charge is 2.29. The predicted molar refractivity (Wildman–Crippen MR) is 256 cm³/mol. The average Bonchev–Trinajstić information content (AvgIpc) is 3.68. The van der Waals surface area contributed by atoms with Crippen LogP contribution in [-0.4, -0.2) is 67.9 Å². The van der Waals surface area contributed by atoms with Crippen LogP contribution in [0.5, 0.6) is 0 Å². The zero-order chi connectivity index (χ0) is 43.9. The molecule has 0 spiro atoms. The number of halogens is 1. The molecule has 1 aromatic heterocycles. The van der Waals surface area contributed by atoms with Crippen LogP contribution in [0.15, 0.2) is 109 Å². The van der Waals surface area contributed by atoms with E-state index in [4.69, 9.17) is 5.10 Å². The minimum absolute atomic E-state index is 0.00695. The lowest BCUT2D eigenvalue weighted by Gasteiger charge is -2.39. The van der Waals surface area contributed by atoms with Crippen LogP contribution in [0.3, 0.4) is 0 Å². The third kappa shape index (κ3) is 12.6. The minimum Gasteiger partial charge on any atom is -0.388 e. The maximum atomic E-state index is 13.3. The number of amides is 1. The second-order valence-corrected chi connectivity index (χ2v) is 16.8. The predicted octanol–water partition coefficient (Wildman–Crippen LogP) is 11.9. The fraction of sp³-hybridized carbons (Fsp3) is 0.490. The van der Waals surface area contributed by atoms with Crippen molar-refractivity contribution in [3.05, 3.63) is 120 Å². The first-order valence-corrected chi connectivity index (χ1v) is 22.1. The van der Waals surface area contributed by atoms with Crippen LogP contribution in [0.25, 0.3) is 10.9 Å². The Morgan fingerprint density at radius 2 is 1.73 bits per heavy atom. The summed E-state index contributed by atoms with van der Waals surface area (Å²) in [7, 11) is 8.42. The molecule has 2 aromatic carbocycles. The Balaban J connectivity index is 0.000000219. The van der Waals surface area contributed by atoms with Gasteiger partial charge in [-0.15, -0.1) is 0 Å². The Morgan fingerprint density at radius 3 is 2.30 bits per heavy atom. The number of benzene rings is 2. The monoisotopic (exact) mass is 820 g/mol. The second kappa shape index (κ2) is 23.2. The molecule has 1 amide bonds. The van der Waals surface area contributed by atoms with Gasteiger partial charge in [0.25, 0.3) is 0 Å². The number of aromatic nitrogens is 2. The number of allylic oxidation sites excluding steroid dienone is 9. The summed E-state index contributed by atoms with van der Waals surface area (Å²) in [4.78, 5) is 19.5. The van der Waals surface area contributed by atoms with E-state index in [0.717, 1.165) is 55.7 Å². The number of fused-ring (bicyclic) bond motifs is 1. The fourth-order valence-corrected chi connectivity index (χ4v) is 8.55. The lowest BCUT2D eigenvalue weighted by Crippen LogP contribution is -2.42. The minimum atomic E-state index is -0.203. The summed E-state index contributed by atoms with van der Waals surface area (Å²) in [5.41, 5.74) is 10.4. The Kier molecular flexibility index (Phi) is 18.5. The number of hydrogen-bond acceptors (Lipinski definition) is 6. The number of nitrogens with zero attached hydrogens (tertiary/aromatic N) is 5. The molecule has 1 unspecified atom stereocenters. The van der Waals surface area contributed by atoms with E-state index in [1.807, 2.05) is 27.0 Å². The maximum Gasteiger partial charge on any atom is 0.227 e. The number of carbonyl (C=O) groups excluding carboxylic acids is 1. The van der Waals surface area contributed by atoms with Gasteiger partial charge in [-0.25, -0.2) is 4.39 Å². The van der Waals surface area contributed by atoms with Crippen LogP contribution in [-0.2, 0) is 17.6 Å². The van der Waals surface area contributed by atoms with Crippen molar-refractivity contribution in [2.45, 2.75) is 117 Å². The van der Waals surface area contributed by atoms with Gasteiger partial charge in [0, 0.05) is 73.4 Å². The molecule has 326 valence electrons. The van der Waals surface area contributed by atoms with Crippen LogP contribution in [0.4, 0.5) is 21.5 Å². The third-order valence-electron chi connectivity index (χ3n) is 12.4. The quantitative estimate of drug-likeness (QED) is 0.177. The smallest absolute Gasteiger partial charge is 0.227 e. The molecule has 2 N–H and O–H groups in total. The molecule has 0 bridgehead atoms. The molecule has 1 aliphatic carbocycles. The molecule has 2 saturated heterocycles. The van der Waals surface area contributed by atoms with Gasteiger partial charge in [-0.2, -0.15) is 5.10 Å². The number of anilines is 3. The highest BCUT2D eigenvalue weighted by atomic mass is 19.1. The molecule has 3 heterocycles. The van der Waals surface area contributed by atoms with E-state index >= 15 is 0 Å². The number of aryl methyl sites for hydroxylation is 1. The first kappa shape index (κ1) is 47.8. The maximum absolute atomic E-state index is 13.3. The topological polar surface area (TPSA) is 68.7 Å². The van der Waals surface area contributed by atoms with Crippen molar-refractivity contribution in [1.29, 1.82) is 0 Å². The van der Waals surface area contributed by atoms with E-state index in [2.05, 4.69) is 114 Å². The van der Waals surface area contributed by atoms with Gasteiger partial charge in [0.1, 0.15) is 5.83 Å². The first-order valence-electron chi connectivity index (χ1n) is 22.1. The molecule has 6 rings (SSSR count). The van der Waals surface area contributed by atoms with E-state index < -0.39 is 0 Å². The van der Waals surface area contributed by atoms with Crippen molar-refractivity contribution < 1.29 is 9.18 Å². The average molecular weight is 820 g/mol. The van der Waals surface area contributed by atoms with Crippen molar-refractivity contribution in [2.75, 3.05) is 56.4 Å². The van der Waals surface area contributed by atoms with E-state index in [-0.39, 0.29) is 17.7 Å². The van der Waals surface area contributed by atoms with Gasteiger partial charge in [0.05, 0.1) is 22.9 Å². The lowest BCUT2D eigenvalue weighted by atomic mass is 9.89.